The third-order valence-corrected chi connectivity index (χ3v) is 4.05. The fraction of sp³-hybridized carbons (Fsp3) is 0.667. The Bertz CT molecular complexity index is 371. The molecule has 2 rings (SSSR count). The molecular weight excluding hydrogens is 282 g/mol. The molecule has 0 aliphatic carbocycles. The van der Waals surface area contributed by atoms with Crippen LogP contribution in [0.1, 0.15) is 44.6 Å². The van der Waals surface area contributed by atoms with Gasteiger partial charge in [-0.1, -0.05) is 19.8 Å². The Balaban J connectivity index is 0.000000235. The van der Waals surface area contributed by atoms with Crippen molar-refractivity contribution in [2.45, 2.75) is 52.0 Å². The van der Waals surface area contributed by atoms with Crippen LogP contribution in [0.4, 0.5) is 8.78 Å². The van der Waals surface area contributed by atoms with Crippen molar-refractivity contribution in [3.8, 4) is 0 Å². The summed E-state index contributed by atoms with van der Waals surface area (Å²) in [5, 5.41) is 6.82. The van der Waals surface area contributed by atoms with Gasteiger partial charge in [-0.15, -0.1) is 0 Å². The molecular formula is C18H30F2N2. The maximum absolute atomic E-state index is 12.2. The van der Waals surface area contributed by atoms with Crippen LogP contribution >= 0.6 is 0 Å². The van der Waals surface area contributed by atoms with Crippen LogP contribution in [0.2, 0.25) is 0 Å². The third kappa shape index (κ3) is 7.85. The number of piperidine rings is 1. The molecule has 0 saturated carbocycles. The number of rotatable bonds is 5. The smallest absolute Gasteiger partial charge is 0.126 e. The molecule has 126 valence electrons. The standard InChI is InChI=1S/C11H24N2.C7H6F2/c1-3-4-10-5-8-13-11(9-10)6-7-12-2;1-5-2-6(8)4-7(9)3-5/h10-13H,3-9H2,1-2H3;2-4H,1H3. The fourth-order valence-corrected chi connectivity index (χ4v) is 3.00. The molecule has 1 saturated heterocycles. The summed E-state index contributed by atoms with van der Waals surface area (Å²) >= 11 is 0. The zero-order valence-electron chi connectivity index (χ0n) is 14.1. The van der Waals surface area contributed by atoms with Crippen molar-refractivity contribution in [3.05, 3.63) is 35.4 Å². The lowest BCUT2D eigenvalue weighted by Crippen LogP contribution is -2.39. The molecule has 0 amide bonds. The molecule has 2 unspecified atom stereocenters. The molecule has 0 aromatic heterocycles. The minimum absolute atomic E-state index is 0.521. The molecule has 22 heavy (non-hydrogen) atoms. The Morgan fingerprint density at radius 1 is 1.18 bits per heavy atom. The number of nitrogens with one attached hydrogen (secondary N) is 2. The van der Waals surface area contributed by atoms with Crippen LogP contribution in [-0.2, 0) is 0 Å². The van der Waals surface area contributed by atoms with Crippen LogP contribution in [0.25, 0.3) is 0 Å². The number of hydrogen-bond donors (Lipinski definition) is 2. The van der Waals surface area contributed by atoms with E-state index in [0.29, 0.717) is 5.56 Å². The molecule has 0 spiro atoms. The van der Waals surface area contributed by atoms with Gasteiger partial charge in [0, 0.05) is 12.1 Å². The summed E-state index contributed by atoms with van der Waals surface area (Å²) in [6, 6.07) is 4.19. The Kier molecular flexibility index (Phi) is 9.25. The molecule has 1 aliphatic heterocycles. The van der Waals surface area contributed by atoms with Gasteiger partial charge in [-0.25, -0.2) is 8.78 Å². The molecule has 2 atom stereocenters. The van der Waals surface area contributed by atoms with E-state index in [1.165, 1.54) is 50.8 Å². The minimum atomic E-state index is -0.521. The van der Waals surface area contributed by atoms with Crippen molar-refractivity contribution in [2.24, 2.45) is 5.92 Å². The molecule has 2 N–H and O–H groups in total. The van der Waals surface area contributed by atoms with E-state index in [0.717, 1.165) is 24.6 Å². The summed E-state index contributed by atoms with van der Waals surface area (Å²) in [4.78, 5) is 0. The van der Waals surface area contributed by atoms with Gasteiger partial charge in [-0.2, -0.15) is 0 Å². The van der Waals surface area contributed by atoms with Gasteiger partial charge in [0.15, 0.2) is 0 Å². The molecule has 4 heteroatoms. The first-order valence-corrected chi connectivity index (χ1v) is 8.35. The predicted molar refractivity (Wildman–Crippen MR) is 89.1 cm³/mol. The fourth-order valence-electron chi connectivity index (χ4n) is 3.00. The van der Waals surface area contributed by atoms with Crippen LogP contribution in [0.3, 0.4) is 0 Å². The monoisotopic (exact) mass is 312 g/mol. The molecule has 1 aromatic rings. The number of hydrogen-bond acceptors (Lipinski definition) is 2. The molecule has 0 bridgehead atoms. The van der Waals surface area contributed by atoms with Crippen molar-refractivity contribution in [3.63, 3.8) is 0 Å². The van der Waals surface area contributed by atoms with Crippen molar-refractivity contribution < 1.29 is 8.78 Å². The lowest BCUT2D eigenvalue weighted by Gasteiger charge is -2.30. The maximum atomic E-state index is 12.2. The topological polar surface area (TPSA) is 24.1 Å². The first kappa shape index (κ1) is 19.0. The highest BCUT2D eigenvalue weighted by molar-refractivity contribution is 5.15. The second-order valence-corrected chi connectivity index (χ2v) is 6.17. The van der Waals surface area contributed by atoms with E-state index in [9.17, 15) is 8.78 Å². The minimum Gasteiger partial charge on any atom is -0.320 e. The van der Waals surface area contributed by atoms with Gasteiger partial charge < -0.3 is 10.6 Å². The number of aryl methyl sites for hydroxylation is 1. The van der Waals surface area contributed by atoms with Gasteiger partial charge >= 0.3 is 0 Å². The normalized spacial score (nSPS) is 21.1. The summed E-state index contributed by atoms with van der Waals surface area (Å²) in [6.45, 7) is 6.33. The van der Waals surface area contributed by atoms with Crippen molar-refractivity contribution in [1.29, 1.82) is 0 Å². The molecule has 1 fully saturated rings. The number of benzene rings is 1. The second-order valence-electron chi connectivity index (χ2n) is 6.17. The van der Waals surface area contributed by atoms with Gasteiger partial charge in [0.05, 0.1) is 0 Å². The molecule has 1 aromatic carbocycles. The van der Waals surface area contributed by atoms with E-state index in [2.05, 4.69) is 17.6 Å². The lowest BCUT2D eigenvalue weighted by atomic mass is 9.88. The van der Waals surface area contributed by atoms with Crippen molar-refractivity contribution in [2.75, 3.05) is 20.1 Å². The Morgan fingerprint density at radius 2 is 1.86 bits per heavy atom. The van der Waals surface area contributed by atoms with E-state index in [1.807, 2.05) is 7.05 Å². The third-order valence-electron chi connectivity index (χ3n) is 4.05. The SMILES string of the molecule is CCCC1CCNC(CCNC)C1.Cc1cc(F)cc(F)c1. The Hall–Kier alpha value is -1.00. The zero-order chi connectivity index (χ0) is 16.4. The van der Waals surface area contributed by atoms with E-state index < -0.39 is 11.6 Å². The van der Waals surface area contributed by atoms with E-state index >= 15 is 0 Å². The quantitative estimate of drug-likeness (QED) is 0.857. The van der Waals surface area contributed by atoms with Gasteiger partial charge in [0.25, 0.3) is 0 Å². The van der Waals surface area contributed by atoms with Crippen LogP contribution in [0.15, 0.2) is 18.2 Å². The highest BCUT2D eigenvalue weighted by atomic mass is 19.1. The van der Waals surface area contributed by atoms with Gasteiger partial charge in [0.2, 0.25) is 0 Å². The van der Waals surface area contributed by atoms with Crippen LogP contribution in [-0.4, -0.2) is 26.2 Å². The molecule has 1 aliphatic rings. The second kappa shape index (κ2) is 10.7. The van der Waals surface area contributed by atoms with E-state index in [-0.39, 0.29) is 0 Å². The van der Waals surface area contributed by atoms with Gasteiger partial charge in [0.1, 0.15) is 11.6 Å². The zero-order valence-corrected chi connectivity index (χ0v) is 14.1. The van der Waals surface area contributed by atoms with E-state index in [1.54, 1.807) is 6.92 Å². The highest BCUT2D eigenvalue weighted by Gasteiger charge is 2.19. The summed E-state index contributed by atoms with van der Waals surface area (Å²) in [6.07, 6.45) is 6.86. The highest BCUT2D eigenvalue weighted by Crippen LogP contribution is 2.22. The molecule has 0 radical (unpaired) electrons. The van der Waals surface area contributed by atoms with E-state index in [4.69, 9.17) is 0 Å². The summed E-state index contributed by atoms with van der Waals surface area (Å²) in [5.74, 6) is -0.0480. The van der Waals surface area contributed by atoms with Crippen molar-refractivity contribution in [1.82, 2.24) is 10.6 Å². The number of halogens is 2. The molecule has 1 heterocycles. The summed E-state index contributed by atoms with van der Waals surface area (Å²) in [7, 11) is 2.03. The van der Waals surface area contributed by atoms with Crippen LogP contribution in [0, 0.1) is 24.5 Å². The average molecular weight is 312 g/mol. The lowest BCUT2D eigenvalue weighted by molar-refractivity contribution is 0.276. The summed E-state index contributed by atoms with van der Waals surface area (Å²) < 4.78 is 24.4. The van der Waals surface area contributed by atoms with Crippen LogP contribution in [0.5, 0.6) is 0 Å². The first-order valence-electron chi connectivity index (χ1n) is 8.35. The Morgan fingerprint density at radius 3 is 2.41 bits per heavy atom. The van der Waals surface area contributed by atoms with Gasteiger partial charge in [-0.3, -0.25) is 0 Å². The average Bonchev–Trinajstić information content (AvgIpc) is 2.45. The summed E-state index contributed by atoms with van der Waals surface area (Å²) in [5.41, 5.74) is 0.604. The Labute approximate surface area is 133 Å². The van der Waals surface area contributed by atoms with Gasteiger partial charge in [-0.05, 0) is 69.9 Å². The largest absolute Gasteiger partial charge is 0.320 e. The molecule has 2 nitrogen and oxygen atoms in total. The van der Waals surface area contributed by atoms with Crippen LogP contribution < -0.4 is 10.6 Å². The maximum Gasteiger partial charge on any atom is 0.126 e. The first-order chi connectivity index (χ1) is 10.5. The predicted octanol–water partition coefficient (Wildman–Crippen LogP) is 4.04. The van der Waals surface area contributed by atoms with Crippen molar-refractivity contribution >= 4 is 0 Å².